The predicted molar refractivity (Wildman–Crippen MR) is 72.6 cm³/mol. The topological polar surface area (TPSA) is 93.5 Å². The second-order valence-electron chi connectivity index (χ2n) is 4.30. The van der Waals surface area contributed by atoms with Crippen molar-refractivity contribution in [3.63, 3.8) is 0 Å². The van der Waals surface area contributed by atoms with Gasteiger partial charge in [0.1, 0.15) is 17.4 Å². The first kappa shape index (κ1) is 16.8. The SMILES string of the molecule is COCCNC(=O)C(C)NC(=O)c1c(F)ccc(N)c1F. The Bertz CT molecular complexity index is 538. The van der Waals surface area contributed by atoms with Crippen molar-refractivity contribution in [3.05, 3.63) is 29.3 Å². The summed E-state index contributed by atoms with van der Waals surface area (Å²) in [5, 5.41) is 4.69. The molecule has 0 bridgehead atoms. The molecule has 1 aromatic rings. The molecule has 0 aliphatic carbocycles. The zero-order chi connectivity index (χ0) is 16.0. The maximum atomic E-state index is 13.7. The molecule has 0 fully saturated rings. The van der Waals surface area contributed by atoms with Crippen molar-refractivity contribution in [2.75, 3.05) is 26.0 Å². The Morgan fingerprint density at radius 1 is 1.38 bits per heavy atom. The quantitative estimate of drug-likeness (QED) is 0.524. The minimum atomic E-state index is -1.15. The molecule has 0 radical (unpaired) electrons. The van der Waals surface area contributed by atoms with Gasteiger partial charge >= 0.3 is 0 Å². The van der Waals surface area contributed by atoms with Gasteiger partial charge in [0, 0.05) is 13.7 Å². The highest BCUT2D eigenvalue weighted by molar-refractivity contribution is 5.98. The van der Waals surface area contributed by atoms with E-state index in [1.54, 1.807) is 0 Å². The van der Waals surface area contributed by atoms with Crippen molar-refractivity contribution in [2.24, 2.45) is 0 Å². The summed E-state index contributed by atoms with van der Waals surface area (Å²) in [5.41, 5.74) is 4.12. The second-order valence-corrected chi connectivity index (χ2v) is 4.30. The van der Waals surface area contributed by atoms with Crippen LogP contribution in [0.3, 0.4) is 0 Å². The fourth-order valence-corrected chi connectivity index (χ4v) is 1.54. The number of hydrogen-bond acceptors (Lipinski definition) is 4. The fourth-order valence-electron chi connectivity index (χ4n) is 1.54. The number of rotatable bonds is 6. The Hall–Kier alpha value is -2.22. The van der Waals surface area contributed by atoms with E-state index in [2.05, 4.69) is 10.6 Å². The lowest BCUT2D eigenvalue weighted by Crippen LogP contribution is -2.46. The van der Waals surface area contributed by atoms with Crippen LogP contribution in [0.15, 0.2) is 12.1 Å². The summed E-state index contributed by atoms with van der Waals surface area (Å²) in [4.78, 5) is 23.5. The number of nitrogens with one attached hydrogen (secondary N) is 2. The molecule has 0 aliphatic heterocycles. The van der Waals surface area contributed by atoms with E-state index in [9.17, 15) is 18.4 Å². The Kier molecular flexibility index (Phi) is 6.04. The lowest BCUT2D eigenvalue weighted by atomic mass is 10.1. The molecule has 1 aromatic carbocycles. The lowest BCUT2D eigenvalue weighted by Gasteiger charge is -2.15. The smallest absolute Gasteiger partial charge is 0.257 e. The first-order valence-corrected chi connectivity index (χ1v) is 6.19. The largest absolute Gasteiger partial charge is 0.396 e. The van der Waals surface area contributed by atoms with Gasteiger partial charge in [-0.3, -0.25) is 9.59 Å². The van der Waals surface area contributed by atoms with E-state index in [1.165, 1.54) is 14.0 Å². The third-order valence-corrected chi connectivity index (χ3v) is 2.69. The van der Waals surface area contributed by atoms with Crippen molar-refractivity contribution in [2.45, 2.75) is 13.0 Å². The summed E-state index contributed by atoms with van der Waals surface area (Å²) in [6, 6.07) is 0.938. The molecule has 0 saturated heterocycles. The Balaban J connectivity index is 2.73. The van der Waals surface area contributed by atoms with Gasteiger partial charge in [-0.15, -0.1) is 0 Å². The predicted octanol–water partition coefficient (Wildman–Crippen LogP) is 0.428. The van der Waals surface area contributed by atoms with E-state index in [4.69, 9.17) is 10.5 Å². The lowest BCUT2D eigenvalue weighted by molar-refractivity contribution is -0.122. The molecular formula is C13H17F2N3O3. The number of carbonyl (C=O) groups excluding carboxylic acids is 2. The third kappa shape index (κ3) is 4.38. The molecular weight excluding hydrogens is 284 g/mol. The van der Waals surface area contributed by atoms with Gasteiger partial charge in [0.2, 0.25) is 5.91 Å². The molecule has 0 aromatic heterocycles. The normalized spacial score (nSPS) is 11.8. The zero-order valence-electron chi connectivity index (χ0n) is 11.7. The molecule has 0 heterocycles. The second kappa shape index (κ2) is 7.53. The molecule has 0 aliphatic rings. The van der Waals surface area contributed by atoms with E-state index in [1.807, 2.05) is 0 Å². The Morgan fingerprint density at radius 2 is 2.05 bits per heavy atom. The van der Waals surface area contributed by atoms with Crippen LogP contribution in [0.1, 0.15) is 17.3 Å². The number of carbonyl (C=O) groups is 2. The van der Waals surface area contributed by atoms with Gasteiger partial charge in [0.25, 0.3) is 5.91 Å². The monoisotopic (exact) mass is 301 g/mol. The highest BCUT2D eigenvalue weighted by atomic mass is 19.1. The van der Waals surface area contributed by atoms with Crippen LogP contribution >= 0.6 is 0 Å². The van der Waals surface area contributed by atoms with Crippen molar-refractivity contribution < 1.29 is 23.1 Å². The van der Waals surface area contributed by atoms with Crippen LogP contribution in [-0.4, -0.2) is 38.1 Å². The molecule has 8 heteroatoms. The van der Waals surface area contributed by atoms with Gasteiger partial charge < -0.3 is 21.1 Å². The van der Waals surface area contributed by atoms with Gasteiger partial charge in [-0.2, -0.15) is 0 Å². The summed E-state index contributed by atoms with van der Waals surface area (Å²) >= 11 is 0. The number of nitrogen functional groups attached to an aromatic ring is 1. The van der Waals surface area contributed by atoms with Crippen LogP contribution in [0.25, 0.3) is 0 Å². The van der Waals surface area contributed by atoms with Crippen molar-refractivity contribution >= 4 is 17.5 Å². The number of hydrogen-bond donors (Lipinski definition) is 3. The summed E-state index contributed by atoms with van der Waals surface area (Å²) in [6.07, 6.45) is 0. The number of ether oxygens (including phenoxy) is 1. The molecule has 2 amide bonds. The highest BCUT2D eigenvalue weighted by Gasteiger charge is 2.23. The number of anilines is 1. The minimum Gasteiger partial charge on any atom is -0.396 e. The number of halogens is 2. The van der Waals surface area contributed by atoms with Gasteiger partial charge in [-0.1, -0.05) is 0 Å². The Labute approximate surface area is 120 Å². The summed E-state index contributed by atoms with van der Waals surface area (Å²) in [6.45, 7) is 1.96. The Morgan fingerprint density at radius 3 is 2.67 bits per heavy atom. The molecule has 4 N–H and O–H groups in total. The summed E-state index contributed by atoms with van der Waals surface area (Å²) in [7, 11) is 1.47. The van der Waals surface area contributed by atoms with E-state index in [-0.39, 0.29) is 12.2 Å². The van der Waals surface area contributed by atoms with E-state index >= 15 is 0 Å². The standard InChI is InChI=1S/C13H17F2N3O3/c1-7(12(19)17-5-6-21-2)18-13(20)10-8(14)3-4-9(16)11(10)15/h3-4,7H,5-6,16H2,1-2H3,(H,17,19)(H,18,20). The van der Waals surface area contributed by atoms with Crippen molar-refractivity contribution in [3.8, 4) is 0 Å². The highest BCUT2D eigenvalue weighted by Crippen LogP contribution is 2.18. The number of amides is 2. The van der Waals surface area contributed by atoms with Crippen LogP contribution in [0.5, 0.6) is 0 Å². The number of benzene rings is 1. The van der Waals surface area contributed by atoms with Crippen LogP contribution in [0, 0.1) is 11.6 Å². The van der Waals surface area contributed by atoms with Crippen LogP contribution in [0.2, 0.25) is 0 Å². The molecule has 0 spiro atoms. The number of methoxy groups -OCH3 is 1. The average Bonchev–Trinajstić information content (AvgIpc) is 2.43. The zero-order valence-corrected chi connectivity index (χ0v) is 11.7. The van der Waals surface area contributed by atoms with Crippen LogP contribution in [0.4, 0.5) is 14.5 Å². The van der Waals surface area contributed by atoms with Crippen molar-refractivity contribution in [1.29, 1.82) is 0 Å². The average molecular weight is 301 g/mol. The van der Waals surface area contributed by atoms with Crippen LogP contribution in [-0.2, 0) is 9.53 Å². The fraction of sp³-hybridized carbons (Fsp3) is 0.385. The van der Waals surface area contributed by atoms with E-state index in [0.717, 1.165) is 12.1 Å². The van der Waals surface area contributed by atoms with Gasteiger partial charge in [-0.05, 0) is 19.1 Å². The molecule has 1 atom stereocenters. The maximum Gasteiger partial charge on any atom is 0.257 e. The first-order chi connectivity index (χ1) is 9.88. The van der Waals surface area contributed by atoms with Crippen LogP contribution < -0.4 is 16.4 Å². The first-order valence-electron chi connectivity index (χ1n) is 6.19. The minimum absolute atomic E-state index is 0.260. The molecule has 0 saturated carbocycles. The van der Waals surface area contributed by atoms with Gasteiger partial charge in [0.05, 0.1) is 12.3 Å². The van der Waals surface area contributed by atoms with E-state index in [0.29, 0.717) is 6.61 Å². The molecule has 1 unspecified atom stereocenters. The van der Waals surface area contributed by atoms with Crippen molar-refractivity contribution in [1.82, 2.24) is 10.6 Å². The third-order valence-electron chi connectivity index (χ3n) is 2.69. The maximum absolute atomic E-state index is 13.7. The van der Waals surface area contributed by atoms with Gasteiger partial charge in [-0.25, -0.2) is 8.78 Å². The molecule has 6 nitrogen and oxygen atoms in total. The summed E-state index contributed by atoms with van der Waals surface area (Å²) in [5.74, 6) is -3.75. The number of nitrogens with two attached hydrogens (primary N) is 1. The van der Waals surface area contributed by atoms with E-state index < -0.39 is 35.1 Å². The molecule has 1 rings (SSSR count). The molecule has 116 valence electrons. The summed E-state index contributed by atoms with van der Waals surface area (Å²) < 4.78 is 31.9. The van der Waals surface area contributed by atoms with Gasteiger partial charge in [0.15, 0.2) is 5.82 Å². The molecule has 21 heavy (non-hydrogen) atoms.